The number of Topliss-reactive ketones (excluding diaryl/α,β-unsaturated/α-hetero) is 1. The van der Waals surface area contributed by atoms with Crippen molar-refractivity contribution in [2.45, 2.75) is 44.6 Å². The Hall–Kier alpha value is -3.18. The van der Waals surface area contributed by atoms with Crippen LogP contribution in [-0.4, -0.2) is 31.1 Å². The summed E-state index contributed by atoms with van der Waals surface area (Å²) < 4.78 is 11.3. The first-order valence-corrected chi connectivity index (χ1v) is 11.8. The average Bonchev–Trinajstić information content (AvgIpc) is 3.36. The van der Waals surface area contributed by atoms with Gasteiger partial charge in [-0.2, -0.15) is 0 Å². The van der Waals surface area contributed by atoms with Crippen LogP contribution in [0.4, 0.5) is 0 Å². The Morgan fingerprint density at radius 1 is 1.06 bits per heavy atom. The van der Waals surface area contributed by atoms with E-state index in [9.17, 15) is 9.59 Å². The molecule has 2 aliphatic heterocycles. The lowest BCUT2D eigenvalue weighted by molar-refractivity contribution is -0.143. The van der Waals surface area contributed by atoms with Crippen LogP contribution >= 0.6 is 0 Å². The SMILES string of the molecule is CC1=C(C(=O)OCC2CCCO2)C(c2ccc(-c3ccccc3)cc2)C2C(=O)CCC=C2N1. The maximum Gasteiger partial charge on any atom is 0.336 e. The van der Waals surface area contributed by atoms with E-state index >= 15 is 0 Å². The van der Waals surface area contributed by atoms with E-state index in [0.29, 0.717) is 18.6 Å². The highest BCUT2D eigenvalue weighted by Gasteiger charge is 2.43. The first kappa shape index (κ1) is 21.7. The lowest BCUT2D eigenvalue weighted by Crippen LogP contribution is -2.41. The highest BCUT2D eigenvalue weighted by atomic mass is 16.6. The number of fused-ring (bicyclic) bond motifs is 1. The molecule has 0 bridgehead atoms. The minimum atomic E-state index is -0.393. The van der Waals surface area contributed by atoms with E-state index in [4.69, 9.17) is 9.47 Å². The Balaban J connectivity index is 1.49. The van der Waals surface area contributed by atoms with Crippen molar-refractivity contribution in [2.24, 2.45) is 5.92 Å². The van der Waals surface area contributed by atoms with Gasteiger partial charge in [-0.1, -0.05) is 60.7 Å². The van der Waals surface area contributed by atoms with Crippen LogP contribution < -0.4 is 5.32 Å². The Bertz CT molecular complexity index is 1090. The van der Waals surface area contributed by atoms with Gasteiger partial charge in [-0.15, -0.1) is 0 Å². The molecule has 1 N–H and O–H groups in total. The maximum absolute atomic E-state index is 13.3. The number of benzene rings is 2. The Morgan fingerprint density at radius 3 is 2.55 bits per heavy atom. The van der Waals surface area contributed by atoms with Gasteiger partial charge in [-0.3, -0.25) is 4.79 Å². The largest absolute Gasteiger partial charge is 0.460 e. The zero-order chi connectivity index (χ0) is 22.8. The summed E-state index contributed by atoms with van der Waals surface area (Å²) in [5.41, 5.74) is 5.37. The summed E-state index contributed by atoms with van der Waals surface area (Å²) in [5, 5.41) is 3.33. The second-order valence-electron chi connectivity index (χ2n) is 9.00. The van der Waals surface area contributed by atoms with Gasteiger partial charge in [0.25, 0.3) is 0 Å². The van der Waals surface area contributed by atoms with Gasteiger partial charge in [-0.25, -0.2) is 4.79 Å². The molecule has 1 fully saturated rings. The first-order chi connectivity index (χ1) is 16.1. The van der Waals surface area contributed by atoms with E-state index in [-0.39, 0.29) is 30.4 Å². The quantitative estimate of drug-likeness (QED) is 0.666. The standard InChI is InChI=1S/C28H29NO4/c1-18-25(28(31)33-17-22-9-6-16-32-22)26(27-23(29-18)10-5-11-24(27)30)21-14-12-20(13-15-21)19-7-3-2-4-8-19/h2-4,7-8,10,12-15,22,26-27,29H,5-6,9,11,16-17H2,1H3. The number of allylic oxidation sites excluding steroid dienone is 3. The van der Waals surface area contributed by atoms with Crippen LogP contribution in [0.3, 0.4) is 0 Å². The molecule has 3 unspecified atom stereocenters. The molecule has 170 valence electrons. The van der Waals surface area contributed by atoms with Gasteiger partial charge in [-0.05, 0) is 42.9 Å². The van der Waals surface area contributed by atoms with Crippen molar-refractivity contribution in [2.75, 3.05) is 13.2 Å². The maximum atomic E-state index is 13.3. The third-order valence-electron chi connectivity index (χ3n) is 6.84. The molecule has 0 amide bonds. The summed E-state index contributed by atoms with van der Waals surface area (Å²) in [5.74, 6) is -0.971. The second kappa shape index (κ2) is 9.36. The summed E-state index contributed by atoms with van der Waals surface area (Å²) in [6.07, 6.45) is 5.17. The van der Waals surface area contributed by atoms with E-state index in [1.807, 2.05) is 37.3 Å². The van der Waals surface area contributed by atoms with Crippen LogP contribution in [0, 0.1) is 5.92 Å². The molecule has 3 atom stereocenters. The number of carbonyl (C=O) groups is 2. The molecule has 0 spiro atoms. The monoisotopic (exact) mass is 443 g/mol. The minimum Gasteiger partial charge on any atom is -0.460 e. The topological polar surface area (TPSA) is 64.6 Å². The predicted molar refractivity (Wildman–Crippen MR) is 126 cm³/mol. The third kappa shape index (κ3) is 4.38. The molecular formula is C28H29NO4. The number of rotatable bonds is 5. The fourth-order valence-electron chi connectivity index (χ4n) is 5.18. The molecule has 5 nitrogen and oxygen atoms in total. The number of carbonyl (C=O) groups excluding carboxylic acids is 2. The minimum absolute atomic E-state index is 0.0400. The third-order valence-corrected chi connectivity index (χ3v) is 6.84. The van der Waals surface area contributed by atoms with Gasteiger partial charge in [0, 0.05) is 30.3 Å². The van der Waals surface area contributed by atoms with Gasteiger partial charge >= 0.3 is 5.97 Å². The summed E-state index contributed by atoms with van der Waals surface area (Å²) in [4.78, 5) is 26.4. The second-order valence-corrected chi connectivity index (χ2v) is 9.00. The van der Waals surface area contributed by atoms with E-state index in [2.05, 4.69) is 35.7 Å². The first-order valence-electron chi connectivity index (χ1n) is 11.8. The van der Waals surface area contributed by atoms with Crippen molar-refractivity contribution < 1.29 is 19.1 Å². The predicted octanol–water partition coefficient (Wildman–Crippen LogP) is 4.90. The van der Waals surface area contributed by atoms with Gasteiger partial charge < -0.3 is 14.8 Å². The van der Waals surface area contributed by atoms with Crippen molar-refractivity contribution in [3.8, 4) is 11.1 Å². The van der Waals surface area contributed by atoms with Gasteiger partial charge in [0.05, 0.1) is 17.6 Å². The number of nitrogens with one attached hydrogen (secondary N) is 1. The summed E-state index contributed by atoms with van der Waals surface area (Å²) >= 11 is 0. The summed E-state index contributed by atoms with van der Waals surface area (Å²) in [6, 6.07) is 18.4. The van der Waals surface area contributed by atoms with Gasteiger partial charge in [0.15, 0.2) is 0 Å². The zero-order valence-corrected chi connectivity index (χ0v) is 18.9. The molecule has 2 aromatic rings. The molecule has 0 saturated carbocycles. The molecule has 1 saturated heterocycles. The number of ketones is 1. The van der Waals surface area contributed by atoms with Gasteiger partial charge in [0.2, 0.25) is 0 Å². The number of ether oxygens (including phenoxy) is 2. The van der Waals surface area contributed by atoms with Crippen molar-refractivity contribution in [3.05, 3.63) is 83.2 Å². The average molecular weight is 444 g/mol. The summed E-state index contributed by atoms with van der Waals surface area (Å²) in [6.45, 7) is 2.85. The molecule has 3 aliphatic rings. The molecule has 2 heterocycles. The normalized spacial score (nSPS) is 24.7. The number of esters is 1. The highest BCUT2D eigenvalue weighted by molar-refractivity contribution is 5.96. The van der Waals surface area contributed by atoms with Crippen molar-refractivity contribution in [1.29, 1.82) is 0 Å². The van der Waals surface area contributed by atoms with Crippen molar-refractivity contribution in [1.82, 2.24) is 5.32 Å². The van der Waals surface area contributed by atoms with Crippen LogP contribution in [0.2, 0.25) is 0 Å². The van der Waals surface area contributed by atoms with E-state index < -0.39 is 5.92 Å². The van der Waals surface area contributed by atoms with Gasteiger partial charge in [0.1, 0.15) is 12.4 Å². The Labute approximate surface area is 194 Å². The molecular weight excluding hydrogens is 414 g/mol. The molecule has 1 aliphatic carbocycles. The van der Waals surface area contributed by atoms with Crippen LogP contribution in [0.5, 0.6) is 0 Å². The van der Waals surface area contributed by atoms with Crippen molar-refractivity contribution in [3.63, 3.8) is 0 Å². The van der Waals surface area contributed by atoms with E-state index in [1.165, 1.54) is 0 Å². The molecule has 0 aromatic heterocycles. The fourth-order valence-corrected chi connectivity index (χ4v) is 5.18. The molecule has 2 aromatic carbocycles. The zero-order valence-electron chi connectivity index (χ0n) is 18.9. The number of hydrogen-bond donors (Lipinski definition) is 1. The smallest absolute Gasteiger partial charge is 0.336 e. The summed E-state index contributed by atoms with van der Waals surface area (Å²) in [7, 11) is 0. The van der Waals surface area contributed by atoms with Crippen molar-refractivity contribution >= 4 is 11.8 Å². The Kier molecular flexibility index (Phi) is 6.14. The Morgan fingerprint density at radius 2 is 1.82 bits per heavy atom. The fraction of sp³-hybridized carbons (Fsp3) is 0.357. The van der Waals surface area contributed by atoms with E-state index in [0.717, 1.165) is 47.3 Å². The highest BCUT2D eigenvalue weighted by Crippen LogP contribution is 2.44. The lowest BCUT2D eigenvalue weighted by atomic mass is 9.71. The van der Waals surface area contributed by atoms with E-state index in [1.54, 1.807) is 0 Å². The molecule has 33 heavy (non-hydrogen) atoms. The van der Waals surface area contributed by atoms with Crippen LogP contribution in [0.25, 0.3) is 11.1 Å². The molecule has 5 heteroatoms. The molecule has 0 radical (unpaired) electrons. The lowest BCUT2D eigenvalue weighted by Gasteiger charge is -2.38. The molecule has 5 rings (SSSR count). The van der Waals surface area contributed by atoms with Crippen LogP contribution in [-0.2, 0) is 19.1 Å². The number of hydrogen-bond acceptors (Lipinski definition) is 5. The van der Waals surface area contributed by atoms with Crippen LogP contribution in [0.15, 0.2) is 77.6 Å². The van der Waals surface area contributed by atoms with Crippen LogP contribution in [0.1, 0.15) is 44.1 Å².